The number of sulfonamides is 1. The van der Waals surface area contributed by atoms with Crippen LogP contribution in [-0.2, 0) is 10.0 Å². The van der Waals surface area contributed by atoms with Crippen molar-refractivity contribution in [3.63, 3.8) is 0 Å². The molecule has 19 heavy (non-hydrogen) atoms. The molecule has 0 radical (unpaired) electrons. The second-order valence-electron chi connectivity index (χ2n) is 4.78. The number of hydrogen-bond donors (Lipinski definition) is 2. The van der Waals surface area contributed by atoms with Gasteiger partial charge in [-0.3, -0.25) is 0 Å². The van der Waals surface area contributed by atoms with Crippen molar-refractivity contribution in [3.8, 4) is 0 Å². The maximum absolute atomic E-state index is 12.5. The van der Waals surface area contributed by atoms with Gasteiger partial charge in [0, 0.05) is 19.3 Å². The molecule has 3 N–H and O–H groups in total. The van der Waals surface area contributed by atoms with Crippen molar-refractivity contribution >= 4 is 15.8 Å². The maximum atomic E-state index is 12.5. The topological polar surface area (TPSA) is 88.3 Å². The van der Waals surface area contributed by atoms with Gasteiger partial charge < -0.3 is 5.43 Å². The van der Waals surface area contributed by atoms with Crippen LogP contribution in [0.15, 0.2) is 23.2 Å². The van der Waals surface area contributed by atoms with E-state index in [0.29, 0.717) is 24.8 Å². The molecule has 1 aromatic rings. The molecular formula is C12H20N4O2S. The predicted octanol–water partition coefficient (Wildman–Crippen LogP) is 1.18. The highest BCUT2D eigenvalue weighted by atomic mass is 32.2. The Balaban J connectivity index is 2.17. The fraction of sp³-hybridized carbons (Fsp3) is 0.583. The van der Waals surface area contributed by atoms with E-state index < -0.39 is 10.0 Å². The number of hydrogen-bond acceptors (Lipinski definition) is 5. The largest absolute Gasteiger partial charge is 0.308 e. The van der Waals surface area contributed by atoms with Gasteiger partial charge in [0.15, 0.2) is 0 Å². The molecule has 0 aliphatic heterocycles. The number of nitrogens with zero attached hydrogens (tertiary/aromatic N) is 2. The Hall–Kier alpha value is -1.18. The zero-order valence-corrected chi connectivity index (χ0v) is 11.9. The van der Waals surface area contributed by atoms with Crippen LogP contribution in [0.25, 0.3) is 0 Å². The summed E-state index contributed by atoms with van der Waals surface area (Å²) in [6, 6.07) is 3.09. The minimum Gasteiger partial charge on any atom is -0.308 e. The highest BCUT2D eigenvalue weighted by Gasteiger charge is 2.28. The molecule has 1 fully saturated rings. The van der Waals surface area contributed by atoms with E-state index in [1.54, 1.807) is 6.07 Å². The van der Waals surface area contributed by atoms with Crippen molar-refractivity contribution < 1.29 is 8.42 Å². The lowest BCUT2D eigenvalue weighted by atomic mass is 9.85. The lowest BCUT2D eigenvalue weighted by Crippen LogP contribution is -2.37. The van der Waals surface area contributed by atoms with E-state index >= 15 is 0 Å². The molecule has 1 aliphatic carbocycles. The number of pyridine rings is 1. The zero-order chi connectivity index (χ0) is 13.9. The normalized spacial score (nSPS) is 16.4. The SMILES string of the molecule is CCN(CC1CCC1)S(=O)(=O)c1ccc(NN)nc1. The standard InChI is InChI=1S/C12H20N4O2S/c1-2-16(9-10-4-3-5-10)19(17,18)11-6-7-12(15-13)14-8-11/h6-8,10H,2-5,9,13H2,1H3,(H,14,15). The summed E-state index contributed by atoms with van der Waals surface area (Å²) in [4.78, 5) is 4.17. The van der Waals surface area contributed by atoms with Gasteiger partial charge in [0.05, 0.1) is 0 Å². The number of anilines is 1. The highest BCUT2D eigenvalue weighted by molar-refractivity contribution is 7.89. The average molecular weight is 284 g/mol. The predicted molar refractivity (Wildman–Crippen MR) is 73.8 cm³/mol. The summed E-state index contributed by atoms with van der Waals surface area (Å²) < 4.78 is 26.5. The Kier molecular flexibility index (Phi) is 4.38. The minimum absolute atomic E-state index is 0.215. The van der Waals surface area contributed by atoms with Gasteiger partial charge in [-0.1, -0.05) is 13.3 Å². The van der Waals surface area contributed by atoms with E-state index in [-0.39, 0.29) is 4.90 Å². The van der Waals surface area contributed by atoms with Crippen LogP contribution in [0, 0.1) is 5.92 Å². The molecule has 0 aromatic carbocycles. The second-order valence-corrected chi connectivity index (χ2v) is 6.71. The van der Waals surface area contributed by atoms with Crippen molar-refractivity contribution in [1.29, 1.82) is 0 Å². The lowest BCUT2D eigenvalue weighted by Gasteiger charge is -2.31. The number of aromatic nitrogens is 1. The average Bonchev–Trinajstić information content (AvgIpc) is 2.37. The number of nitrogens with one attached hydrogen (secondary N) is 1. The van der Waals surface area contributed by atoms with Crippen LogP contribution in [0.3, 0.4) is 0 Å². The summed E-state index contributed by atoms with van der Waals surface area (Å²) >= 11 is 0. The van der Waals surface area contributed by atoms with Gasteiger partial charge in [0.2, 0.25) is 10.0 Å². The van der Waals surface area contributed by atoms with Gasteiger partial charge in [-0.25, -0.2) is 19.2 Å². The van der Waals surface area contributed by atoms with Crippen LogP contribution < -0.4 is 11.3 Å². The fourth-order valence-electron chi connectivity index (χ4n) is 2.13. The molecule has 6 nitrogen and oxygen atoms in total. The second kappa shape index (κ2) is 5.85. The molecule has 7 heteroatoms. The number of nitrogen functional groups attached to an aromatic ring is 1. The van der Waals surface area contributed by atoms with E-state index in [0.717, 1.165) is 12.8 Å². The third-order valence-electron chi connectivity index (χ3n) is 3.56. The molecule has 0 bridgehead atoms. The summed E-state index contributed by atoms with van der Waals surface area (Å²) in [6.45, 7) is 2.95. The molecule has 0 saturated heterocycles. The van der Waals surface area contributed by atoms with Crippen LogP contribution in [-0.4, -0.2) is 30.8 Å². The molecule has 1 heterocycles. The van der Waals surface area contributed by atoms with Crippen LogP contribution in [0.4, 0.5) is 5.82 Å². The minimum atomic E-state index is -3.45. The first-order chi connectivity index (χ1) is 9.07. The number of rotatable bonds is 6. The van der Waals surface area contributed by atoms with Gasteiger partial charge in [-0.15, -0.1) is 0 Å². The molecule has 1 aliphatic rings. The smallest absolute Gasteiger partial charge is 0.244 e. The van der Waals surface area contributed by atoms with Crippen molar-refractivity contribution in [3.05, 3.63) is 18.3 Å². The van der Waals surface area contributed by atoms with Crippen molar-refractivity contribution in [2.24, 2.45) is 11.8 Å². The van der Waals surface area contributed by atoms with Gasteiger partial charge in [-0.2, -0.15) is 4.31 Å². The van der Waals surface area contributed by atoms with E-state index in [1.165, 1.54) is 23.0 Å². The van der Waals surface area contributed by atoms with E-state index in [4.69, 9.17) is 5.84 Å². The fourth-order valence-corrected chi connectivity index (χ4v) is 3.60. The van der Waals surface area contributed by atoms with Crippen LogP contribution in [0.2, 0.25) is 0 Å². The number of nitrogens with two attached hydrogens (primary N) is 1. The molecular weight excluding hydrogens is 264 g/mol. The third-order valence-corrected chi connectivity index (χ3v) is 5.49. The van der Waals surface area contributed by atoms with E-state index in [9.17, 15) is 8.42 Å². The lowest BCUT2D eigenvalue weighted by molar-refractivity contribution is 0.250. The molecule has 2 rings (SSSR count). The van der Waals surface area contributed by atoms with Crippen LogP contribution in [0.5, 0.6) is 0 Å². The quantitative estimate of drug-likeness (QED) is 0.605. The Morgan fingerprint density at radius 2 is 2.21 bits per heavy atom. The van der Waals surface area contributed by atoms with Crippen LogP contribution in [0.1, 0.15) is 26.2 Å². The summed E-state index contributed by atoms with van der Waals surface area (Å²) in [5.41, 5.74) is 2.38. The molecule has 1 saturated carbocycles. The van der Waals surface area contributed by atoms with E-state index in [2.05, 4.69) is 10.4 Å². The molecule has 1 aromatic heterocycles. The first-order valence-corrected chi connectivity index (χ1v) is 7.94. The van der Waals surface area contributed by atoms with Gasteiger partial charge in [0.1, 0.15) is 10.7 Å². The van der Waals surface area contributed by atoms with Crippen molar-refractivity contribution in [1.82, 2.24) is 9.29 Å². The van der Waals surface area contributed by atoms with Crippen LogP contribution >= 0.6 is 0 Å². The molecule has 106 valence electrons. The zero-order valence-electron chi connectivity index (χ0n) is 11.0. The van der Waals surface area contributed by atoms with E-state index in [1.807, 2.05) is 6.92 Å². The van der Waals surface area contributed by atoms with Crippen molar-refractivity contribution in [2.75, 3.05) is 18.5 Å². The Morgan fingerprint density at radius 1 is 1.47 bits per heavy atom. The monoisotopic (exact) mass is 284 g/mol. The summed E-state index contributed by atoms with van der Waals surface area (Å²) in [5, 5.41) is 0. The van der Waals surface area contributed by atoms with Gasteiger partial charge in [-0.05, 0) is 30.9 Å². The summed E-state index contributed by atoms with van der Waals surface area (Å²) in [6.07, 6.45) is 4.80. The summed E-state index contributed by atoms with van der Waals surface area (Å²) in [5.74, 6) is 6.17. The molecule has 0 unspecified atom stereocenters. The first kappa shape index (κ1) is 14.2. The maximum Gasteiger partial charge on any atom is 0.244 e. The van der Waals surface area contributed by atoms with Gasteiger partial charge in [0.25, 0.3) is 0 Å². The van der Waals surface area contributed by atoms with Gasteiger partial charge >= 0.3 is 0 Å². The third kappa shape index (κ3) is 3.05. The first-order valence-electron chi connectivity index (χ1n) is 6.50. The molecule has 0 atom stereocenters. The van der Waals surface area contributed by atoms with Crippen molar-refractivity contribution in [2.45, 2.75) is 31.1 Å². The highest BCUT2D eigenvalue weighted by Crippen LogP contribution is 2.29. The molecule has 0 amide bonds. The Labute approximate surface area is 114 Å². The Bertz CT molecular complexity index is 511. The summed E-state index contributed by atoms with van der Waals surface area (Å²) in [7, 11) is -3.45. The number of hydrazine groups is 1. The molecule has 0 spiro atoms. The Morgan fingerprint density at radius 3 is 2.63 bits per heavy atom.